The van der Waals surface area contributed by atoms with Crippen LogP contribution in [0.3, 0.4) is 0 Å². The van der Waals surface area contributed by atoms with Gasteiger partial charge in [-0.2, -0.15) is 0 Å². The molecule has 0 aliphatic heterocycles. The van der Waals surface area contributed by atoms with E-state index < -0.39 is 0 Å². The van der Waals surface area contributed by atoms with Crippen LogP contribution in [0.1, 0.15) is 25.0 Å². The highest BCUT2D eigenvalue weighted by molar-refractivity contribution is 5.89. The number of rotatable bonds is 5. The van der Waals surface area contributed by atoms with Crippen LogP contribution in [0.25, 0.3) is 0 Å². The lowest BCUT2D eigenvalue weighted by Crippen LogP contribution is -2.39. The quantitative estimate of drug-likeness (QED) is 0.886. The van der Waals surface area contributed by atoms with Crippen molar-refractivity contribution in [2.24, 2.45) is 0 Å². The maximum absolute atomic E-state index is 12.1. The van der Waals surface area contributed by atoms with Gasteiger partial charge in [-0.25, -0.2) is 9.78 Å². The predicted molar refractivity (Wildman–Crippen MR) is 97.6 cm³/mol. The average molecular weight is 327 g/mol. The van der Waals surface area contributed by atoms with Gasteiger partial charge in [0.15, 0.2) is 0 Å². The van der Waals surface area contributed by atoms with Gasteiger partial charge in [0.1, 0.15) is 5.82 Å². The third kappa shape index (κ3) is 4.68. The number of aromatic nitrogens is 2. The number of carbonyl (C=O) groups excluding carboxylic acids is 1. The second kappa shape index (κ2) is 7.29. The fourth-order valence-electron chi connectivity index (χ4n) is 2.25. The van der Waals surface area contributed by atoms with Gasteiger partial charge in [0, 0.05) is 38.4 Å². The average Bonchev–Trinajstić information content (AvgIpc) is 2.53. The monoisotopic (exact) mass is 327 g/mol. The minimum absolute atomic E-state index is 0.222. The van der Waals surface area contributed by atoms with Crippen LogP contribution in [0.4, 0.5) is 16.3 Å². The number of hydrogen-bond acceptors (Lipinski definition) is 4. The minimum atomic E-state index is -0.242. The molecule has 2 heterocycles. The van der Waals surface area contributed by atoms with Crippen molar-refractivity contribution in [3.05, 3.63) is 47.9 Å². The molecule has 2 N–H and O–H groups in total. The lowest BCUT2D eigenvalue weighted by atomic mass is 9.85. The van der Waals surface area contributed by atoms with E-state index in [-0.39, 0.29) is 11.4 Å². The van der Waals surface area contributed by atoms with Gasteiger partial charge >= 0.3 is 6.03 Å². The van der Waals surface area contributed by atoms with Crippen LogP contribution >= 0.6 is 0 Å². The molecule has 0 radical (unpaired) electrons. The largest absolute Gasteiger partial charge is 0.363 e. The van der Waals surface area contributed by atoms with Crippen molar-refractivity contribution in [1.29, 1.82) is 0 Å². The lowest BCUT2D eigenvalue weighted by Gasteiger charge is -2.26. The van der Waals surface area contributed by atoms with Crippen molar-refractivity contribution in [1.82, 2.24) is 15.3 Å². The first-order chi connectivity index (χ1) is 11.3. The first kappa shape index (κ1) is 17.7. The van der Waals surface area contributed by atoms with E-state index in [1.54, 1.807) is 12.4 Å². The molecular weight excluding hydrogens is 302 g/mol. The zero-order valence-electron chi connectivity index (χ0n) is 14.9. The number of nitrogens with one attached hydrogen (secondary N) is 2. The molecule has 0 fully saturated rings. The molecule has 2 aromatic rings. The highest BCUT2D eigenvalue weighted by Crippen LogP contribution is 2.23. The number of hydrogen-bond donors (Lipinski definition) is 2. The van der Waals surface area contributed by atoms with Crippen molar-refractivity contribution >= 4 is 17.5 Å². The topological polar surface area (TPSA) is 70.2 Å². The molecule has 2 amide bonds. The summed E-state index contributed by atoms with van der Waals surface area (Å²) in [7, 11) is 3.92. The molecule has 6 nitrogen and oxygen atoms in total. The van der Waals surface area contributed by atoms with E-state index in [0.29, 0.717) is 12.2 Å². The summed E-state index contributed by atoms with van der Waals surface area (Å²) in [4.78, 5) is 22.5. The first-order valence-electron chi connectivity index (χ1n) is 7.88. The molecule has 2 aromatic heterocycles. The number of aryl methyl sites for hydroxylation is 1. The fourth-order valence-corrected chi connectivity index (χ4v) is 2.25. The van der Waals surface area contributed by atoms with Crippen LogP contribution in [0, 0.1) is 6.92 Å². The third-order valence-electron chi connectivity index (χ3n) is 3.81. The summed E-state index contributed by atoms with van der Waals surface area (Å²) < 4.78 is 0. The molecule has 0 aliphatic rings. The van der Waals surface area contributed by atoms with Crippen molar-refractivity contribution in [3.8, 4) is 0 Å². The van der Waals surface area contributed by atoms with E-state index in [4.69, 9.17) is 0 Å². The summed E-state index contributed by atoms with van der Waals surface area (Å²) in [6.07, 6.45) is 5.23. The van der Waals surface area contributed by atoms with E-state index in [1.165, 1.54) is 0 Å². The highest BCUT2D eigenvalue weighted by atomic mass is 16.2. The molecule has 0 aliphatic carbocycles. The van der Waals surface area contributed by atoms with Crippen LogP contribution in [-0.2, 0) is 5.41 Å². The van der Waals surface area contributed by atoms with Gasteiger partial charge in [-0.15, -0.1) is 0 Å². The molecule has 0 aromatic carbocycles. The second-order valence-corrected chi connectivity index (χ2v) is 6.74. The van der Waals surface area contributed by atoms with Crippen LogP contribution < -0.4 is 15.5 Å². The van der Waals surface area contributed by atoms with Gasteiger partial charge in [0.05, 0.1) is 11.9 Å². The van der Waals surface area contributed by atoms with E-state index in [9.17, 15) is 4.79 Å². The Labute approximate surface area is 143 Å². The second-order valence-electron chi connectivity index (χ2n) is 6.74. The minimum Gasteiger partial charge on any atom is -0.363 e. The van der Waals surface area contributed by atoms with Crippen molar-refractivity contribution in [2.45, 2.75) is 26.2 Å². The maximum Gasteiger partial charge on any atom is 0.319 e. The van der Waals surface area contributed by atoms with Gasteiger partial charge in [-0.3, -0.25) is 4.98 Å². The molecule has 0 atom stereocenters. The molecular formula is C18H25N5O. The Bertz CT molecular complexity index is 695. The number of nitrogens with zero attached hydrogens (tertiary/aromatic N) is 3. The van der Waals surface area contributed by atoms with Crippen molar-refractivity contribution < 1.29 is 4.79 Å². The Kier molecular flexibility index (Phi) is 5.39. The first-order valence-corrected chi connectivity index (χ1v) is 7.88. The van der Waals surface area contributed by atoms with Crippen LogP contribution in [0.5, 0.6) is 0 Å². The van der Waals surface area contributed by atoms with E-state index >= 15 is 0 Å². The third-order valence-corrected chi connectivity index (χ3v) is 3.81. The normalized spacial score (nSPS) is 11.0. The molecule has 0 spiro atoms. The molecule has 128 valence electrons. The van der Waals surface area contributed by atoms with E-state index in [2.05, 4.69) is 34.4 Å². The van der Waals surface area contributed by atoms with Gasteiger partial charge in [0.2, 0.25) is 0 Å². The summed E-state index contributed by atoms with van der Waals surface area (Å²) in [5.41, 5.74) is 2.54. The summed E-state index contributed by atoms with van der Waals surface area (Å²) in [5.74, 6) is 0.909. The number of pyridine rings is 2. The summed E-state index contributed by atoms with van der Waals surface area (Å²) in [5, 5.41) is 5.71. The van der Waals surface area contributed by atoms with Gasteiger partial charge < -0.3 is 15.5 Å². The predicted octanol–water partition coefficient (Wildman–Crippen LogP) is 2.95. The van der Waals surface area contributed by atoms with Crippen LogP contribution in [0.2, 0.25) is 0 Å². The standard InChI is InChI=1S/C18H25N5O/c1-13-8-15(11-19-9-13)22-17(24)21-12-18(2,3)14-6-7-16(20-10-14)23(4)5/h6-11H,12H2,1-5H3,(H2,21,22,24). The molecule has 0 saturated heterocycles. The van der Waals surface area contributed by atoms with Crippen molar-refractivity contribution in [2.75, 3.05) is 30.9 Å². The number of carbonyl (C=O) groups is 1. The summed E-state index contributed by atoms with van der Waals surface area (Å²) in [6, 6.07) is 5.66. The Morgan fingerprint density at radius 3 is 2.54 bits per heavy atom. The Hall–Kier alpha value is -2.63. The Morgan fingerprint density at radius 1 is 1.21 bits per heavy atom. The number of amides is 2. The Balaban J connectivity index is 1.95. The molecule has 0 bridgehead atoms. The fraction of sp³-hybridized carbons (Fsp3) is 0.389. The molecule has 0 saturated carbocycles. The molecule has 2 rings (SSSR count). The van der Waals surface area contributed by atoms with Crippen LogP contribution in [0.15, 0.2) is 36.8 Å². The molecule has 24 heavy (non-hydrogen) atoms. The summed E-state index contributed by atoms with van der Waals surface area (Å²) in [6.45, 7) is 6.59. The van der Waals surface area contributed by atoms with Crippen molar-refractivity contribution in [3.63, 3.8) is 0 Å². The van der Waals surface area contributed by atoms with Crippen LogP contribution in [-0.4, -0.2) is 36.6 Å². The summed E-state index contributed by atoms with van der Waals surface area (Å²) >= 11 is 0. The lowest BCUT2D eigenvalue weighted by molar-refractivity contribution is 0.249. The van der Waals surface area contributed by atoms with E-state index in [0.717, 1.165) is 16.9 Å². The zero-order chi connectivity index (χ0) is 17.7. The number of anilines is 2. The highest BCUT2D eigenvalue weighted by Gasteiger charge is 2.22. The SMILES string of the molecule is Cc1cncc(NC(=O)NCC(C)(C)c2ccc(N(C)C)nc2)c1. The van der Waals surface area contributed by atoms with Gasteiger partial charge in [-0.1, -0.05) is 19.9 Å². The van der Waals surface area contributed by atoms with Gasteiger partial charge in [-0.05, 0) is 30.2 Å². The zero-order valence-corrected chi connectivity index (χ0v) is 14.9. The number of urea groups is 1. The smallest absolute Gasteiger partial charge is 0.319 e. The molecule has 0 unspecified atom stereocenters. The molecule has 6 heteroatoms. The van der Waals surface area contributed by atoms with E-state index in [1.807, 2.05) is 50.3 Å². The van der Waals surface area contributed by atoms with Gasteiger partial charge in [0.25, 0.3) is 0 Å². The maximum atomic E-state index is 12.1. The Morgan fingerprint density at radius 2 is 1.96 bits per heavy atom.